The highest BCUT2D eigenvalue weighted by atomic mass is 35.5. The molecule has 0 aromatic carbocycles. The molecule has 0 amide bonds. The Morgan fingerprint density at radius 1 is 1.56 bits per heavy atom. The Morgan fingerprint density at radius 2 is 2.25 bits per heavy atom. The summed E-state index contributed by atoms with van der Waals surface area (Å²) in [5, 5.41) is 9.49. The van der Waals surface area contributed by atoms with Crippen LogP contribution in [0.3, 0.4) is 0 Å². The van der Waals surface area contributed by atoms with Crippen LogP contribution >= 0.6 is 11.6 Å². The summed E-state index contributed by atoms with van der Waals surface area (Å²) in [4.78, 5) is 13.5. The summed E-state index contributed by atoms with van der Waals surface area (Å²) in [6.07, 6.45) is 3.67. The molecule has 1 aliphatic heterocycles. The van der Waals surface area contributed by atoms with Gasteiger partial charge in [-0.2, -0.15) is 5.10 Å². The van der Waals surface area contributed by atoms with Gasteiger partial charge < -0.3 is 10.2 Å². The van der Waals surface area contributed by atoms with E-state index in [1.54, 1.807) is 6.20 Å². The van der Waals surface area contributed by atoms with E-state index in [2.05, 4.69) is 27.5 Å². The normalized spacial score (nSPS) is 18.6. The van der Waals surface area contributed by atoms with E-state index in [0.717, 1.165) is 25.9 Å². The maximum Gasteiger partial charge on any atom is 0.285 e. The van der Waals surface area contributed by atoms with Crippen LogP contribution in [0.4, 0.5) is 5.69 Å². The molecule has 0 atom stereocenters. The summed E-state index contributed by atoms with van der Waals surface area (Å²) >= 11 is 5.88. The van der Waals surface area contributed by atoms with E-state index in [0.29, 0.717) is 11.7 Å². The van der Waals surface area contributed by atoms with Crippen LogP contribution in [0.25, 0.3) is 0 Å². The number of likely N-dealkylation sites (tertiary alicyclic amines) is 1. The number of anilines is 1. The third-order valence-electron chi connectivity index (χ3n) is 2.87. The lowest BCUT2D eigenvalue weighted by Crippen LogP contribution is -2.37. The Morgan fingerprint density at radius 3 is 2.94 bits per heavy atom. The highest BCUT2D eigenvalue weighted by Gasteiger charge is 2.17. The minimum atomic E-state index is -0.348. The van der Waals surface area contributed by atoms with E-state index in [1.165, 1.54) is 0 Å². The molecule has 1 saturated heterocycles. The van der Waals surface area contributed by atoms with Gasteiger partial charge in [0.1, 0.15) is 5.02 Å². The van der Waals surface area contributed by atoms with Crippen molar-refractivity contribution in [1.29, 1.82) is 0 Å². The lowest BCUT2D eigenvalue weighted by molar-refractivity contribution is 0.264. The molecule has 1 fully saturated rings. The second-order valence-corrected chi connectivity index (χ2v) is 4.53. The topological polar surface area (TPSA) is 61.0 Å². The summed E-state index contributed by atoms with van der Waals surface area (Å²) in [5.41, 5.74) is 0.277. The number of rotatable bonds is 2. The van der Waals surface area contributed by atoms with Gasteiger partial charge in [-0.25, -0.2) is 5.10 Å². The van der Waals surface area contributed by atoms with Crippen molar-refractivity contribution in [3.63, 3.8) is 0 Å². The van der Waals surface area contributed by atoms with Crippen LogP contribution in [-0.2, 0) is 0 Å². The van der Waals surface area contributed by atoms with Crippen LogP contribution in [0.1, 0.15) is 12.8 Å². The number of piperidine rings is 1. The minimum absolute atomic E-state index is 0.189. The highest BCUT2D eigenvalue weighted by Crippen LogP contribution is 2.19. The minimum Gasteiger partial charge on any atom is -0.380 e. The number of aromatic nitrogens is 2. The van der Waals surface area contributed by atoms with Crippen LogP contribution in [-0.4, -0.2) is 41.3 Å². The number of hydrogen-bond acceptors (Lipinski definition) is 4. The summed E-state index contributed by atoms with van der Waals surface area (Å²) in [5.74, 6) is 0. The molecular formula is C10H15ClN4O. The summed E-state index contributed by atoms with van der Waals surface area (Å²) in [6, 6.07) is 0.372. The zero-order valence-electron chi connectivity index (χ0n) is 9.16. The molecule has 16 heavy (non-hydrogen) atoms. The Balaban J connectivity index is 2.04. The van der Waals surface area contributed by atoms with E-state index in [4.69, 9.17) is 11.6 Å². The van der Waals surface area contributed by atoms with Gasteiger partial charge in [-0.15, -0.1) is 0 Å². The third kappa shape index (κ3) is 2.54. The lowest BCUT2D eigenvalue weighted by Gasteiger charge is -2.30. The number of nitrogens with one attached hydrogen (secondary N) is 2. The predicted molar refractivity (Wildman–Crippen MR) is 64.0 cm³/mol. The first-order valence-corrected chi connectivity index (χ1v) is 5.73. The Labute approximate surface area is 98.8 Å². The molecule has 2 rings (SSSR count). The third-order valence-corrected chi connectivity index (χ3v) is 3.25. The van der Waals surface area contributed by atoms with Gasteiger partial charge in [-0.05, 0) is 33.0 Å². The molecule has 2 heterocycles. The molecule has 6 heteroatoms. The van der Waals surface area contributed by atoms with Crippen molar-refractivity contribution in [2.24, 2.45) is 0 Å². The first-order valence-electron chi connectivity index (χ1n) is 5.35. The van der Waals surface area contributed by atoms with Gasteiger partial charge in [0.05, 0.1) is 11.9 Å². The van der Waals surface area contributed by atoms with E-state index < -0.39 is 0 Å². The maximum atomic E-state index is 11.2. The number of halogens is 1. The van der Waals surface area contributed by atoms with Gasteiger partial charge in [0.25, 0.3) is 5.56 Å². The van der Waals surface area contributed by atoms with Crippen molar-refractivity contribution < 1.29 is 0 Å². The van der Waals surface area contributed by atoms with Crippen molar-refractivity contribution in [2.45, 2.75) is 18.9 Å². The largest absolute Gasteiger partial charge is 0.380 e. The fourth-order valence-corrected chi connectivity index (χ4v) is 2.00. The van der Waals surface area contributed by atoms with E-state index in [-0.39, 0.29) is 10.6 Å². The van der Waals surface area contributed by atoms with Crippen molar-refractivity contribution >= 4 is 17.3 Å². The monoisotopic (exact) mass is 242 g/mol. The number of nitrogens with zero attached hydrogens (tertiary/aromatic N) is 2. The average Bonchev–Trinajstić information content (AvgIpc) is 2.28. The van der Waals surface area contributed by atoms with Crippen LogP contribution in [0.15, 0.2) is 11.0 Å². The molecule has 0 bridgehead atoms. The molecule has 1 aromatic rings. The molecule has 1 aliphatic rings. The van der Waals surface area contributed by atoms with Crippen LogP contribution in [0, 0.1) is 0 Å². The van der Waals surface area contributed by atoms with E-state index in [1.807, 2.05) is 0 Å². The Bertz CT molecular complexity index is 412. The first-order chi connectivity index (χ1) is 7.66. The second-order valence-electron chi connectivity index (χ2n) is 4.15. The summed E-state index contributed by atoms with van der Waals surface area (Å²) in [7, 11) is 2.11. The fraction of sp³-hybridized carbons (Fsp3) is 0.600. The molecule has 0 aliphatic carbocycles. The van der Waals surface area contributed by atoms with Crippen molar-refractivity contribution in [1.82, 2.24) is 15.1 Å². The fourth-order valence-electron chi connectivity index (χ4n) is 1.86. The van der Waals surface area contributed by atoms with Gasteiger partial charge in [0.15, 0.2) is 0 Å². The van der Waals surface area contributed by atoms with E-state index in [9.17, 15) is 4.79 Å². The van der Waals surface area contributed by atoms with Gasteiger partial charge in [-0.1, -0.05) is 11.6 Å². The molecule has 5 nitrogen and oxygen atoms in total. The molecule has 2 N–H and O–H groups in total. The van der Waals surface area contributed by atoms with Crippen molar-refractivity contribution in [2.75, 3.05) is 25.5 Å². The van der Waals surface area contributed by atoms with Crippen LogP contribution < -0.4 is 10.9 Å². The molecule has 0 radical (unpaired) electrons. The summed E-state index contributed by atoms with van der Waals surface area (Å²) < 4.78 is 0. The predicted octanol–water partition coefficient (Wildman–Crippen LogP) is 0.929. The molecule has 88 valence electrons. The zero-order valence-corrected chi connectivity index (χ0v) is 9.92. The molecule has 0 saturated carbocycles. The van der Waals surface area contributed by atoms with Crippen molar-refractivity contribution in [3.05, 3.63) is 21.6 Å². The number of H-pyrrole nitrogens is 1. The second kappa shape index (κ2) is 4.84. The quantitative estimate of drug-likeness (QED) is 0.810. The lowest BCUT2D eigenvalue weighted by atomic mass is 10.1. The van der Waals surface area contributed by atoms with Gasteiger partial charge in [0.2, 0.25) is 0 Å². The van der Waals surface area contributed by atoms with Crippen LogP contribution in [0.2, 0.25) is 5.02 Å². The molecular weight excluding hydrogens is 228 g/mol. The van der Waals surface area contributed by atoms with Gasteiger partial charge in [-0.3, -0.25) is 4.79 Å². The zero-order chi connectivity index (χ0) is 11.5. The first kappa shape index (κ1) is 11.4. The smallest absolute Gasteiger partial charge is 0.285 e. The standard InChI is InChI=1S/C10H15ClN4O/c1-15-4-2-7(3-5-15)13-8-6-12-14-10(16)9(8)11/h6-7H,2-5H2,1H3,(H2,13,14,16). The van der Waals surface area contributed by atoms with E-state index >= 15 is 0 Å². The molecule has 0 spiro atoms. The number of aromatic amines is 1. The van der Waals surface area contributed by atoms with Crippen LogP contribution in [0.5, 0.6) is 0 Å². The molecule has 1 aromatic heterocycles. The Hall–Kier alpha value is -1.07. The van der Waals surface area contributed by atoms with Gasteiger partial charge in [0, 0.05) is 6.04 Å². The molecule has 0 unspecified atom stereocenters. The maximum absolute atomic E-state index is 11.2. The average molecular weight is 243 g/mol. The highest BCUT2D eigenvalue weighted by molar-refractivity contribution is 6.32. The van der Waals surface area contributed by atoms with Gasteiger partial charge >= 0.3 is 0 Å². The number of hydrogen-bond donors (Lipinski definition) is 2. The summed E-state index contributed by atoms with van der Waals surface area (Å²) in [6.45, 7) is 2.12. The van der Waals surface area contributed by atoms with Crippen molar-refractivity contribution in [3.8, 4) is 0 Å². The Kier molecular flexibility index (Phi) is 3.46. The SMILES string of the molecule is CN1CCC(Nc2cn[nH]c(=O)c2Cl)CC1.